The van der Waals surface area contributed by atoms with Crippen LogP contribution in [0.5, 0.6) is 5.75 Å². The van der Waals surface area contributed by atoms with Gasteiger partial charge in [-0.1, -0.05) is 6.92 Å². The van der Waals surface area contributed by atoms with Crippen LogP contribution in [0.4, 0.5) is 5.69 Å². The zero-order valence-electron chi connectivity index (χ0n) is 17.5. The number of Topliss-reactive ketones (excluding diaryl/α,β-unsaturated/α-hetero) is 1. The highest BCUT2D eigenvalue weighted by atomic mass is 16.5. The maximum Gasteiger partial charge on any atom is 0.337 e. The van der Waals surface area contributed by atoms with Crippen molar-refractivity contribution in [3.8, 4) is 5.75 Å². The molecule has 0 heterocycles. The topological polar surface area (TPSA) is 108 Å². The Kier molecular flexibility index (Phi) is 9.22. The summed E-state index contributed by atoms with van der Waals surface area (Å²) in [6.07, 6.45) is 0.737. The smallest absolute Gasteiger partial charge is 0.337 e. The Bertz CT molecular complexity index is 905. The van der Waals surface area contributed by atoms with Crippen molar-refractivity contribution in [1.29, 1.82) is 0 Å². The van der Waals surface area contributed by atoms with Gasteiger partial charge in [0.1, 0.15) is 5.75 Å². The number of amides is 1. The number of rotatable bonds is 11. The zero-order chi connectivity index (χ0) is 22.6. The summed E-state index contributed by atoms with van der Waals surface area (Å²) in [4.78, 5) is 47.3. The number of anilines is 1. The highest BCUT2D eigenvalue weighted by molar-refractivity contribution is 5.98. The molecule has 31 heavy (non-hydrogen) atoms. The number of ketones is 1. The van der Waals surface area contributed by atoms with E-state index >= 15 is 0 Å². The molecule has 2 aromatic rings. The molecular weight excluding hydrogens is 402 g/mol. The van der Waals surface area contributed by atoms with Gasteiger partial charge >= 0.3 is 11.9 Å². The van der Waals surface area contributed by atoms with E-state index in [9.17, 15) is 19.2 Å². The van der Waals surface area contributed by atoms with Crippen LogP contribution >= 0.6 is 0 Å². The van der Waals surface area contributed by atoms with Crippen molar-refractivity contribution < 1.29 is 33.4 Å². The lowest BCUT2D eigenvalue weighted by Gasteiger charge is -2.08. The summed E-state index contributed by atoms with van der Waals surface area (Å²) in [5.74, 6) is -1.18. The number of benzene rings is 2. The number of esters is 2. The molecule has 0 saturated heterocycles. The lowest BCUT2D eigenvalue weighted by molar-refractivity contribution is -0.147. The van der Waals surface area contributed by atoms with Crippen LogP contribution in [0, 0.1) is 0 Å². The molecule has 0 bridgehead atoms. The lowest BCUT2D eigenvalue weighted by atomic mass is 10.1. The third-order valence-corrected chi connectivity index (χ3v) is 4.16. The molecule has 0 saturated carbocycles. The van der Waals surface area contributed by atoms with Crippen molar-refractivity contribution in [1.82, 2.24) is 0 Å². The van der Waals surface area contributed by atoms with Crippen LogP contribution in [0.15, 0.2) is 48.5 Å². The maximum absolute atomic E-state index is 12.2. The van der Waals surface area contributed by atoms with Gasteiger partial charge in [-0.2, -0.15) is 0 Å². The number of carbonyl (C=O) groups excluding carboxylic acids is 4. The van der Waals surface area contributed by atoms with Crippen LogP contribution in [-0.2, 0) is 19.1 Å². The van der Waals surface area contributed by atoms with Gasteiger partial charge < -0.3 is 19.5 Å². The molecule has 8 nitrogen and oxygen atoms in total. The Morgan fingerprint density at radius 2 is 1.52 bits per heavy atom. The first kappa shape index (κ1) is 23.6. The molecular formula is C23H25NO7. The largest absolute Gasteiger partial charge is 0.494 e. The first-order valence-electron chi connectivity index (χ1n) is 9.82. The Morgan fingerprint density at radius 1 is 0.871 bits per heavy atom. The molecule has 0 fully saturated rings. The van der Waals surface area contributed by atoms with Crippen LogP contribution in [0.25, 0.3) is 0 Å². The Balaban J connectivity index is 1.71. The van der Waals surface area contributed by atoms with Crippen molar-refractivity contribution in [2.75, 3.05) is 25.6 Å². The van der Waals surface area contributed by atoms with Crippen LogP contribution < -0.4 is 10.1 Å². The summed E-state index contributed by atoms with van der Waals surface area (Å²) in [5.41, 5.74) is 1.26. The van der Waals surface area contributed by atoms with Gasteiger partial charge in [-0.05, 0) is 55.0 Å². The van der Waals surface area contributed by atoms with E-state index in [1.807, 2.05) is 6.92 Å². The molecule has 0 atom stereocenters. The van der Waals surface area contributed by atoms with Gasteiger partial charge in [0.25, 0.3) is 5.91 Å². The molecule has 0 aromatic heterocycles. The van der Waals surface area contributed by atoms with Gasteiger partial charge in [0.15, 0.2) is 12.4 Å². The Morgan fingerprint density at radius 3 is 2.13 bits per heavy atom. The van der Waals surface area contributed by atoms with Crippen LogP contribution in [0.2, 0.25) is 0 Å². The third-order valence-electron chi connectivity index (χ3n) is 4.16. The Labute approximate surface area is 180 Å². The minimum absolute atomic E-state index is 0.0232. The minimum Gasteiger partial charge on any atom is -0.494 e. The predicted octanol–water partition coefficient (Wildman–Crippen LogP) is 3.41. The molecule has 1 amide bonds. The predicted molar refractivity (Wildman–Crippen MR) is 113 cm³/mol. The van der Waals surface area contributed by atoms with E-state index in [0.29, 0.717) is 29.2 Å². The van der Waals surface area contributed by atoms with E-state index in [-0.39, 0.29) is 18.6 Å². The Hall–Kier alpha value is -3.68. The van der Waals surface area contributed by atoms with Gasteiger partial charge in [0.05, 0.1) is 25.7 Å². The molecule has 1 N–H and O–H groups in total. The van der Waals surface area contributed by atoms with Gasteiger partial charge in [0.2, 0.25) is 0 Å². The first-order chi connectivity index (χ1) is 14.9. The average Bonchev–Trinajstić information content (AvgIpc) is 2.80. The van der Waals surface area contributed by atoms with Crippen LogP contribution in [0.3, 0.4) is 0 Å². The van der Waals surface area contributed by atoms with E-state index in [0.717, 1.165) is 6.42 Å². The second-order valence-corrected chi connectivity index (χ2v) is 6.57. The van der Waals surface area contributed by atoms with Crippen molar-refractivity contribution in [3.05, 3.63) is 59.7 Å². The summed E-state index contributed by atoms with van der Waals surface area (Å²) < 4.78 is 15.0. The molecule has 2 rings (SSSR count). The zero-order valence-corrected chi connectivity index (χ0v) is 17.5. The molecule has 0 radical (unpaired) electrons. The van der Waals surface area contributed by atoms with E-state index in [4.69, 9.17) is 9.47 Å². The van der Waals surface area contributed by atoms with Gasteiger partial charge in [-0.15, -0.1) is 0 Å². The normalized spacial score (nSPS) is 10.1. The van der Waals surface area contributed by atoms with Gasteiger partial charge in [0, 0.05) is 17.7 Å². The van der Waals surface area contributed by atoms with Crippen molar-refractivity contribution in [3.63, 3.8) is 0 Å². The standard InChI is InChI=1S/C23H25NO7/c1-3-14-30-19-10-6-16(7-11-19)20(25)12-13-22(27)31-15-21(26)24-18-8-4-17(5-9-18)23(28)29-2/h4-11H,3,12-15H2,1-2H3,(H,24,26). The highest BCUT2D eigenvalue weighted by Crippen LogP contribution is 2.15. The second kappa shape index (κ2) is 12.1. The van der Waals surface area contributed by atoms with Gasteiger partial charge in [-0.3, -0.25) is 14.4 Å². The molecule has 0 aliphatic rings. The fourth-order valence-electron chi connectivity index (χ4n) is 2.54. The summed E-state index contributed by atoms with van der Waals surface area (Å²) in [7, 11) is 1.28. The second-order valence-electron chi connectivity index (χ2n) is 6.57. The number of nitrogens with one attached hydrogen (secondary N) is 1. The highest BCUT2D eigenvalue weighted by Gasteiger charge is 2.13. The van der Waals surface area contributed by atoms with E-state index in [1.54, 1.807) is 24.3 Å². The summed E-state index contributed by atoms with van der Waals surface area (Å²) in [5, 5.41) is 2.54. The molecule has 0 unspecified atom stereocenters. The fourth-order valence-corrected chi connectivity index (χ4v) is 2.54. The number of methoxy groups -OCH3 is 1. The van der Waals surface area contributed by atoms with Crippen LogP contribution in [0.1, 0.15) is 46.9 Å². The maximum atomic E-state index is 12.2. The third kappa shape index (κ3) is 7.93. The lowest BCUT2D eigenvalue weighted by Crippen LogP contribution is -2.21. The molecule has 2 aromatic carbocycles. The molecule has 0 spiro atoms. The summed E-state index contributed by atoms with van der Waals surface area (Å²) in [6, 6.07) is 12.8. The van der Waals surface area contributed by atoms with Gasteiger partial charge in [-0.25, -0.2) is 4.79 Å². The number of hydrogen-bond donors (Lipinski definition) is 1. The quantitative estimate of drug-likeness (QED) is 0.432. The number of hydrogen-bond acceptors (Lipinski definition) is 7. The SMILES string of the molecule is CCCOc1ccc(C(=O)CCC(=O)OCC(=O)Nc2ccc(C(=O)OC)cc2)cc1. The monoisotopic (exact) mass is 427 g/mol. The molecule has 8 heteroatoms. The molecule has 0 aliphatic heterocycles. The van der Waals surface area contributed by atoms with E-state index in [2.05, 4.69) is 10.1 Å². The first-order valence-corrected chi connectivity index (χ1v) is 9.82. The van der Waals surface area contributed by atoms with Crippen molar-refractivity contribution in [2.45, 2.75) is 26.2 Å². The fraction of sp³-hybridized carbons (Fsp3) is 0.304. The summed E-state index contributed by atoms with van der Waals surface area (Å²) >= 11 is 0. The van der Waals surface area contributed by atoms with E-state index in [1.165, 1.54) is 31.4 Å². The van der Waals surface area contributed by atoms with E-state index < -0.39 is 24.5 Å². The van der Waals surface area contributed by atoms with Crippen molar-refractivity contribution >= 4 is 29.3 Å². The minimum atomic E-state index is -0.646. The van der Waals surface area contributed by atoms with Crippen molar-refractivity contribution in [2.24, 2.45) is 0 Å². The average molecular weight is 427 g/mol. The molecule has 164 valence electrons. The van der Waals surface area contributed by atoms with Crippen LogP contribution in [-0.4, -0.2) is 44.0 Å². The molecule has 0 aliphatic carbocycles. The number of ether oxygens (including phenoxy) is 3. The summed E-state index contributed by atoms with van der Waals surface area (Å²) in [6.45, 7) is 2.13. The number of carbonyl (C=O) groups is 4.